The normalized spacial score (nSPS) is 9.85. The van der Waals surface area contributed by atoms with E-state index in [2.05, 4.69) is 4.98 Å². The molecule has 0 N–H and O–H groups in total. The van der Waals surface area contributed by atoms with Gasteiger partial charge in [0.1, 0.15) is 10.7 Å². The van der Waals surface area contributed by atoms with E-state index in [-0.39, 0.29) is 0 Å². The zero-order valence-electron chi connectivity index (χ0n) is 6.73. The molecule has 2 rings (SSSR count). The summed E-state index contributed by atoms with van der Waals surface area (Å²) in [5.74, 6) is 0. The molecule has 2 aromatic rings. The largest absolute Gasteiger partial charge is 0.283 e. The fourth-order valence-electron chi connectivity index (χ4n) is 1.03. The maximum atomic E-state index is 10.3. The molecule has 0 bridgehead atoms. The van der Waals surface area contributed by atoms with E-state index in [9.17, 15) is 4.79 Å². The second kappa shape index (κ2) is 3.49. The highest BCUT2D eigenvalue weighted by atomic mass is 32.1. The zero-order valence-corrected chi connectivity index (χ0v) is 7.54. The molecule has 63 valence electrons. The van der Waals surface area contributed by atoms with Crippen LogP contribution in [0.5, 0.6) is 0 Å². The van der Waals surface area contributed by atoms with Gasteiger partial charge in [-0.2, -0.15) is 0 Å². The fraction of sp³-hybridized carbons (Fsp3) is 0. The van der Waals surface area contributed by atoms with Crippen molar-refractivity contribution in [1.82, 2.24) is 4.98 Å². The molecule has 1 aromatic carbocycles. The van der Waals surface area contributed by atoms with Crippen molar-refractivity contribution >= 4 is 17.6 Å². The number of rotatable bonds is 2. The summed E-state index contributed by atoms with van der Waals surface area (Å²) in [6.45, 7) is 0. The van der Waals surface area contributed by atoms with E-state index in [0.717, 1.165) is 10.6 Å². The van der Waals surface area contributed by atoms with Gasteiger partial charge in [0.05, 0.1) is 0 Å². The zero-order chi connectivity index (χ0) is 9.10. The predicted molar refractivity (Wildman–Crippen MR) is 52.3 cm³/mol. The maximum absolute atomic E-state index is 10.3. The van der Waals surface area contributed by atoms with Crippen LogP contribution in [0.3, 0.4) is 0 Å². The lowest BCUT2D eigenvalue weighted by Crippen LogP contribution is -1.79. The van der Waals surface area contributed by atoms with Crippen molar-refractivity contribution < 1.29 is 4.79 Å². The van der Waals surface area contributed by atoms with Gasteiger partial charge in [-0.15, -0.1) is 11.3 Å². The minimum Gasteiger partial charge on any atom is -0.283 e. The van der Waals surface area contributed by atoms with Gasteiger partial charge in [-0.25, -0.2) is 4.98 Å². The molecule has 0 saturated carbocycles. The highest BCUT2D eigenvalue weighted by Gasteiger charge is 2.02. The quantitative estimate of drug-likeness (QED) is 0.723. The topological polar surface area (TPSA) is 30.0 Å². The first kappa shape index (κ1) is 8.13. The van der Waals surface area contributed by atoms with Crippen molar-refractivity contribution in [3.8, 4) is 10.6 Å². The number of aromatic nitrogens is 1. The average Bonchev–Trinajstić information content (AvgIpc) is 2.67. The molecule has 0 aliphatic rings. The van der Waals surface area contributed by atoms with Gasteiger partial charge in [-0.3, -0.25) is 4.79 Å². The molecular formula is C10H6NOS. The molecule has 0 unspecified atom stereocenters. The highest BCUT2D eigenvalue weighted by Crippen LogP contribution is 2.22. The lowest BCUT2D eigenvalue weighted by Gasteiger charge is -1.92. The van der Waals surface area contributed by atoms with Gasteiger partial charge in [0.25, 0.3) is 6.29 Å². The van der Waals surface area contributed by atoms with Gasteiger partial charge in [-0.05, 0) is 0 Å². The number of benzene rings is 1. The molecule has 1 radical (unpaired) electrons. The van der Waals surface area contributed by atoms with Crippen LogP contribution in [0.1, 0.15) is 5.69 Å². The van der Waals surface area contributed by atoms with Crippen LogP contribution in [0.15, 0.2) is 35.7 Å². The fourth-order valence-corrected chi connectivity index (χ4v) is 1.78. The molecule has 2 nitrogen and oxygen atoms in total. The Balaban J connectivity index is 2.41. The van der Waals surface area contributed by atoms with Crippen molar-refractivity contribution in [1.29, 1.82) is 0 Å². The molecule has 0 aliphatic carbocycles. The first-order chi connectivity index (χ1) is 6.40. The van der Waals surface area contributed by atoms with Gasteiger partial charge in [0.2, 0.25) is 0 Å². The monoisotopic (exact) mass is 188 g/mol. The second-order valence-corrected chi connectivity index (χ2v) is 3.36. The van der Waals surface area contributed by atoms with Crippen LogP contribution in [-0.4, -0.2) is 11.3 Å². The van der Waals surface area contributed by atoms with Crippen LogP contribution in [0, 0.1) is 0 Å². The Hall–Kier alpha value is -1.48. The van der Waals surface area contributed by atoms with E-state index in [4.69, 9.17) is 0 Å². The summed E-state index contributed by atoms with van der Waals surface area (Å²) in [7, 11) is 0. The number of hydrogen-bond acceptors (Lipinski definition) is 3. The van der Waals surface area contributed by atoms with E-state index in [0.29, 0.717) is 5.69 Å². The third kappa shape index (κ3) is 1.65. The Morgan fingerprint density at radius 3 is 2.62 bits per heavy atom. The predicted octanol–water partition coefficient (Wildman–Crippen LogP) is 2.27. The molecular weight excluding hydrogens is 182 g/mol. The van der Waals surface area contributed by atoms with E-state index in [1.807, 2.05) is 30.3 Å². The maximum Gasteiger partial charge on any atom is 0.254 e. The van der Waals surface area contributed by atoms with E-state index in [1.54, 1.807) is 11.7 Å². The smallest absolute Gasteiger partial charge is 0.254 e. The van der Waals surface area contributed by atoms with E-state index in [1.165, 1.54) is 11.3 Å². The summed E-state index contributed by atoms with van der Waals surface area (Å²) in [6.07, 6.45) is 1.77. The van der Waals surface area contributed by atoms with Gasteiger partial charge in [0.15, 0.2) is 0 Å². The number of nitrogens with zero attached hydrogens (tertiary/aromatic N) is 1. The summed E-state index contributed by atoms with van der Waals surface area (Å²) in [5, 5.41) is 2.56. The van der Waals surface area contributed by atoms with Gasteiger partial charge < -0.3 is 0 Å². The Morgan fingerprint density at radius 1 is 1.23 bits per heavy atom. The lowest BCUT2D eigenvalue weighted by molar-refractivity contribution is 0.562. The first-order valence-corrected chi connectivity index (χ1v) is 4.67. The molecule has 1 heterocycles. The van der Waals surface area contributed by atoms with Gasteiger partial charge in [-0.1, -0.05) is 30.3 Å². The Labute approximate surface area is 79.9 Å². The third-order valence-corrected chi connectivity index (χ3v) is 2.52. The summed E-state index contributed by atoms with van der Waals surface area (Å²) in [5.41, 5.74) is 1.41. The molecule has 0 atom stereocenters. The minimum atomic E-state index is 0.379. The molecule has 0 aliphatic heterocycles. The minimum absolute atomic E-state index is 0.379. The molecule has 0 saturated heterocycles. The van der Waals surface area contributed by atoms with Crippen LogP contribution in [0.2, 0.25) is 0 Å². The molecule has 0 fully saturated rings. The first-order valence-electron chi connectivity index (χ1n) is 3.79. The van der Waals surface area contributed by atoms with Crippen LogP contribution in [-0.2, 0) is 4.79 Å². The number of thiazole rings is 1. The molecule has 0 spiro atoms. The van der Waals surface area contributed by atoms with Crippen LogP contribution in [0.4, 0.5) is 0 Å². The van der Waals surface area contributed by atoms with Gasteiger partial charge >= 0.3 is 0 Å². The van der Waals surface area contributed by atoms with E-state index < -0.39 is 0 Å². The standard InChI is InChI=1S/C10H6NOS/c12-6-9-7-13-10(11-9)8-4-2-1-3-5-8/h1-5,7H. The van der Waals surface area contributed by atoms with Crippen molar-refractivity contribution in [3.05, 3.63) is 41.4 Å². The molecule has 0 amide bonds. The van der Waals surface area contributed by atoms with Crippen molar-refractivity contribution in [2.24, 2.45) is 0 Å². The van der Waals surface area contributed by atoms with Crippen molar-refractivity contribution in [2.45, 2.75) is 0 Å². The SMILES string of the molecule is O=[C]c1csc(-c2ccccc2)n1. The lowest BCUT2D eigenvalue weighted by atomic mass is 10.2. The summed E-state index contributed by atoms with van der Waals surface area (Å²) >= 11 is 1.45. The summed E-state index contributed by atoms with van der Waals surface area (Å²) < 4.78 is 0. The van der Waals surface area contributed by atoms with Gasteiger partial charge in [0, 0.05) is 10.9 Å². The van der Waals surface area contributed by atoms with E-state index >= 15 is 0 Å². The Kier molecular flexibility index (Phi) is 2.19. The third-order valence-electron chi connectivity index (χ3n) is 1.63. The van der Waals surface area contributed by atoms with Crippen LogP contribution >= 0.6 is 11.3 Å². The van der Waals surface area contributed by atoms with Crippen LogP contribution < -0.4 is 0 Å². The van der Waals surface area contributed by atoms with Crippen molar-refractivity contribution in [2.75, 3.05) is 0 Å². The molecule has 13 heavy (non-hydrogen) atoms. The summed E-state index contributed by atoms with van der Waals surface area (Å²) in [6, 6.07) is 9.77. The van der Waals surface area contributed by atoms with Crippen molar-refractivity contribution in [3.63, 3.8) is 0 Å². The Bertz CT molecular complexity index is 408. The second-order valence-electron chi connectivity index (χ2n) is 2.51. The number of carbonyl (C=O) groups excluding carboxylic acids is 1. The average molecular weight is 188 g/mol. The Morgan fingerprint density at radius 2 is 2.00 bits per heavy atom. The summed E-state index contributed by atoms with van der Waals surface area (Å²) in [4.78, 5) is 14.4. The highest BCUT2D eigenvalue weighted by molar-refractivity contribution is 7.13. The number of hydrogen-bond donors (Lipinski definition) is 0. The molecule has 3 heteroatoms. The molecule has 1 aromatic heterocycles. The van der Waals surface area contributed by atoms with Crippen LogP contribution in [0.25, 0.3) is 10.6 Å².